The number of aliphatic hydroxyl groups excluding tert-OH is 2. The van der Waals surface area contributed by atoms with Crippen molar-refractivity contribution in [3.63, 3.8) is 0 Å². The molecule has 0 spiro atoms. The molecule has 2 amide bonds. The van der Waals surface area contributed by atoms with Crippen LogP contribution in [0.25, 0.3) is 11.3 Å². The summed E-state index contributed by atoms with van der Waals surface area (Å²) < 4.78 is 15.1. The fraction of sp³-hybridized carbons (Fsp3) is 0.423. The normalized spacial score (nSPS) is 18.1. The quantitative estimate of drug-likeness (QED) is 0.228. The van der Waals surface area contributed by atoms with E-state index in [0.717, 1.165) is 12.7 Å². The summed E-state index contributed by atoms with van der Waals surface area (Å²) in [5.41, 5.74) is 1.40. The highest BCUT2D eigenvalue weighted by Crippen LogP contribution is 2.21. The predicted molar refractivity (Wildman–Crippen MR) is 139 cm³/mol. The van der Waals surface area contributed by atoms with Crippen molar-refractivity contribution in [2.24, 2.45) is 5.92 Å². The molecule has 1 aromatic carbocycles. The fourth-order valence-corrected chi connectivity index (χ4v) is 4.00. The van der Waals surface area contributed by atoms with E-state index in [9.17, 15) is 29.4 Å². The van der Waals surface area contributed by atoms with Crippen LogP contribution in [0.5, 0.6) is 0 Å². The zero-order valence-electron chi connectivity index (χ0n) is 22.1. The number of methoxy groups -OCH3 is 1. The van der Waals surface area contributed by atoms with Gasteiger partial charge in [0.25, 0.3) is 5.91 Å². The second-order valence-corrected chi connectivity index (χ2v) is 9.54. The molecule has 0 saturated carbocycles. The molecule has 3 rings (SSSR count). The van der Waals surface area contributed by atoms with Crippen LogP contribution in [0, 0.1) is 5.92 Å². The predicted octanol–water partition coefficient (Wildman–Crippen LogP) is 0.262. The van der Waals surface area contributed by atoms with Gasteiger partial charge in [0, 0.05) is 5.56 Å². The van der Waals surface area contributed by atoms with Gasteiger partial charge >= 0.3 is 19.1 Å². The second kappa shape index (κ2) is 13.3. The van der Waals surface area contributed by atoms with E-state index in [-0.39, 0.29) is 18.0 Å². The van der Waals surface area contributed by atoms with Gasteiger partial charge in [-0.2, -0.15) is 0 Å². The number of esters is 1. The smallest absolute Gasteiger partial charge is 0.506 e. The van der Waals surface area contributed by atoms with Crippen molar-refractivity contribution in [1.82, 2.24) is 15.6 Å². The number of nitrogens with zero attached hydrogens (tertiary/aromatic N) is 1. The average Bonchev–Trinajstić information content (AvgIpc) is 3.31. The van der Waals surface area contributed by atoms with Gasteiger partial charge in [0.2, 0.25) is 5.91 Å². The molecule has 2 aromatic rings. The van der Waals surface area contributed by atoms with E-state index < -0.39 is 61.2 Å². The maximum Gasteiger partial charge on any atom is 0.552 e. The lowest BCUT2D eigenvalue weighted by Crippen LogP contribution is -2.58. The number of aliphatic hydroxyl groups is 2. The van der Waals surface area contributed by atoms with Crippen molar-refractivity contribution in [2.75, 3.05) is 7.11 Å². The largest absolute Gasteiger partial charge is 0.552 e. The molecule has 12 nitrogen and oxygen atoms in total. The van der Waals surface area contributed by atoms with Crippen LogP contribution in [0.15, 0.2) is 48.5 Å². The molecule has 1 fully saturated rings. The van der Waals surface area contributed by atoms with Crippen LogP contribution in [0.4, 0.5) is 0 Å². The minimum absolute atomic E-state index is 0.00769. The number of amides is 2. The third kappa shape index (κ3) is 7.62. The number of pyridine rings is 1. The molecule has 208 valence electrons. The highest BCUT2D eigenvalue weighted by atomic mass is 16.7. The molecule has 5 atom stereocenters. The van der Waals surface area contributed by atoms with E-state index >= 15 is 0 Å². The Morgan fingerprint density at radius 1 is 1.05 bits per heavy atom. The topological polar surface area (TPSA) is 173 Å². The lowest BCUT2D eigenvalue weighted by atomic mass is 9.74. The molecule has 1 saturated heterocycles. The zero-order valence-corrected chi connectivity index (χ0v) is 22.1. The Bertz CT molecular complexity index is 1180. The first kappa shape index (κ1) is 29.7. The first-order valence-electron chi connectivity index (χ1n) is 12.5. The number of nitrogens with one attached hydrogen (secondary N) is 2. The molecule has 1 aliphatic rings. The summed E-state index contributed by atoms with van der Waals surface area (Å²) in [6, 6.07) is 12.7. The number of benzene rings is 1. The molecule has 0 unspecified atom stereocenters. The van der Waals surface area contributed by atoms with Crippen LogP contribution in [0.1, 0.15) is 37.7 Å². The summed E-state index contributed by atoms with van der Waals surface area (Å²) >= 11 is 0. The van der Waals surface area contributed by atoms with Gasteiger partial charge < -0.3 is 34.9 Å². The van der Waals surface area contributed by atoms with Crippen LogP contribution < -0.4 is 10.6 Å². The van der Waals surface area contributed by atoms with Crippen molar-refractivity contribution < 1.29 is 43.4 Å². The summed E-state index contributed by atoms with van der Waals surface area (Å²) in [5.74, 6) is -4.45. The summed E-state index contributed by atoms with van der Waals surface area (Å²) in [5, 5.41) is 25.5. The Morgan fingerprint density at radius 3 is 2.36 bits per heavy atom. The van der Waals surface area contributed by atoms with E-state index in [4.69, 9.17) is 9.31 Å². The summed E-state index contributed by atoms with van der Waals surface area (Å²) in [4.78, 5) is 54.5. The maximum absolute atomic E-state index is 13.2. The van der Waals surface area contributed by atoms with Gasteiger partial charge in [-0.1, -0.05) is 50.2 Å². The summed E-state index contributed by atoms with van der Waals surface area (Å²) in [6.45, 7) is 5.05. The van der Waals surface area contributed by atoms with E-state index in [1.807, 2.05) is 44.2 Å². The van der Waals surface area contributed by atoms with Crippen LogP contribution in [-0.2, 0) is 28.4 Å². The Balaban J connectivity index is 1.74. The van der Waals surface area contributed by atoms with Gasteiger partial charge in [0.05, 0.1) is 24.8 Å². The third-order valence-corrected chi connectivity index (χ3v) is 5.96. The monoisotopic (exact) mass is 541 g/mol. The number of carbonyl (C=O) groups is 4. The van der Waals surface area contributed by atoms with Crippen molar-refractivity contribution in [1.29, 1.82) is 0 Å². The molecule has 1 aliphatic heterocycles. The molecule has 0 bridgehead atoms. The van der Waals surface area contributed by atoms with Crippen molar-refractivity contribution in [3.8, 4) is 11.3 Å². The fourth-order valence-electron chi connectivity index (χ4n) is 4.00. The van der Waals surface area contributed by atoms with Crippen LogP contribution in [0.2, 0.25) is 0 Å². The van der Waals surface area contributed by atoms with Gasteiger partial charge in [0.15, 0.2) is 12.2 Å². The highest BCUT2D eigenvalue weighted by molar-refractivity contribution is 6.51. The van der Waals surface area contributed by atoms with Gasteiger partial charge in [-0.15, -0.1) is 0 Å². The Labute approximate surface area is 226 Å². The SMILES string of the molecule is COC(=O)[C@H](O)[C@H]1OB([C@H](CC(C)C)NC(=O)[C@@H](NC(=O)c2cccc(-c3ccccc3)n2)[C@@H](C)O)OC1=O. The lowest BCUT2D eigenvalue weighted by molar-refractivity contribution is -0.160. The molecule has 0 radical (unpaired) electrons. The number of hydrogen-bond acceptors (Lipinski definition) is 10. The van der Waals surface area contributed by atoms with Crippen molar-refractivity contribution in [2.45, 2.75) is 57.5 Å². The average molecular weight is 541 g/mol. The van der Waals surface area contributed by atoms with Gasteiger partial charge in [-0.3, -0.25) is 14.4 Å². The summed E-state index contributed by atoms with van der Waals surface area (Å²) in [6.07, 6.45) is -4.58. The Hall–Kier alpha value is -3.81. The van der Waals surface area contributed by atoms with E-state index in [0.29, 0.717) is 5.69 Å². The molecule has 4 N–H and O–H groups in total. The molecule has 0 aliphatic carbocycles. The molecule has 1 aromatic heterocycles. The Morgan fingerprint density at radius 2 is 1.74 bits per heavy atom. The minimum Gasteiger partial charge on any atom is -0.506 e. The van der Waals surface area contributed by atoms with E-state index in [2.05, 4.69) is 20.4 Å². The first-order chi connectivity index (χ1) is 18.5. The standard InChI is InChI=1S/C26H32BN3O9/c1-14(2)13-19(27-38-22(26(36)39-27)21(32)25(35)37-4)29-24(34)20(15(3)31)30-23(33)18-12-8-11-17(28-18)16-9-6-5-7-10-16/h5-12,14-15,19-22,31-32H,13H2,1-4H3,(H,29,34)(H,30,33)/t15-,19+,20+,21-,22-/m1/s1. The molecule has 39 heavy (non-hydrogen) atoms. The van der Waals surface area contributed by atoms with Gasteiger partial charge in [-0.25, -0.2) is 9.78 Å². The summed E-state index contributed by atoms with van der Waals surface area (Å²) in [7, 11) is -0.286. The molecular weight excluding hydrogens is 509 g/mol. The molecule has 2 heterocycles. The number of ether oxygens (including phenoxy) is 1. The first-order valence-corrected chi connectivity index (χ1v) is 12.5. The Kier molecular flexibility index (Phi) is 10.2. The van der Waals surface area contributed by atoms with Gasteiger partial charge in [-0.05, 0) is 31.4 Å². The van der Waals surface area contributed by atoms with E-state index in [1.54, 1.807) is 12.1 Å². The minimum atomic E-state index is -1.91. The third-order valence-electron chi connectivity index (χ3n) is 5.96. The number of carbonyl (C=O) groups excluding carboxylic acids is 4. The van der Waals surface area contributed by atoms with Crippen molar-refractivity contribution in [3.05, 3.63) is 54.2 Å². The highest BCUT2D eigenvalue weighted by Gasteiger charge is 2.51. The van der Waals surface area contributed by atoms with Gasteiger partial charge in [0.1, 0.15) is 11.7 Å². The maximum atomic E-state index is 13.2. The number of hydrogen-bond donors (Lipinski definition) is 4. The lowest BCUT2D eigenvalue weighted by Gasteiger charge is -2.26. The van der Waals surface area contributed by atoms with Crippen molar-refractivity contribution >= 4 is 30.9 Å². The number of rotatable bonds is 11. The molecule has 13 heteroatoms. The zero-order chi connectivity index (χ0) is 28.7. The molecular formula is C26H32BN3O9. The van der Waals surface area contributed by atoms with Crippen LogP contribution in [0.3, 0.4) is 0 Å². The van der Waals surface area contributed by atoms with E-state index in [1.165, 1.54) is 13.0 Å². The van der Waals surface area contributed by atoms with Crippen LogP contribution in [-0.4, -0.2) is 83.5 Å². The van der Waals surface area contributed by atoms with Crippen LogP contribution >= 0.6 is 0 Å². The number of aromatic nitrogens is 1. The second-order valence-electron chi connectivity index (χ2n) is 9.54.